The van der Waals surface area contributed by atoms with Crippen LogP contribution in [0.5, 0.6) is 0 Å². The molecular formula is C13H14FN3O2S. The molecule has 2 rings (SSSR count). The molecule has 3 N–H and O–H groups in total. The van der Waals surface area contributed by atoms with E-state index in [2.05, 4.69) is 10.5 Å². The topological polar surface area (TPSA) is 81.2 Å². The fourth-order valence-electron chi connectivity index (χ4n) is 1.54. The molecule has 1 aromatic heterocycles. The number of thioether (sulfide) groups is 1. The predicted molar refractivity (Wildman–Crippen MR) is 76.0 cm³/mol. The molecule has 0 aliphatic carbocycles. The summed E-state index contributed by atoms with van der Waals surface area (Å²) in [6, 6.07) is 5.86. The molecule has 0 saturated carbocycles. The van der Waals surface area contributed by atoms with Crippen molar-refractivity contribution in [2.75, 3.05) is 16.8 Å². The van der Waals surface area contributed by atoms with Crippen molar-refractivity contribution in [2.24, 2.45) is 0 Å². The molecule has 20 heavy (non-hydrogen) atoms. The zero-order valence-electron chi connectivity index (χ0n) is 10.9. The summed E-state index contributed by atoms with van der Waals surface area (Å²) < 4.78 is 17.7. The molecule has 106 valence electrons. The van der Waals surface area contributed by atoms with E-state index in [0.717, 1.165) is 4.90 Å². The van der Waals surface area contributed by atoms with Crippen LogP contribution in [0.15, 0.2) is 33.7 Å². The molecule has 1 aromatic carbocycles. The van der Waals surface area contributed by atoms with Gasteiger partial charge < -0.3 is 15.6 Å². The SMILES string of the molecule is Cc1cc(NC(=O)CCSc2ccc(F)cc2N)no1. The average molecular weight is 295 g/mol. The lowest BCUT2D eigenvalue weighted by molar-refractivity contribution is -0.115. The number of anilines is 2. The zero-order valence-corrected chi connectivity index (χ0v) is 11.7. The monoisotopic (exact) mass is 295 g/mol. The summed E-state index contributed by atoms with van der Waals surface area (Å²) in [5.74, 6) is 1.04. The molecule has 5 nitrogen and oxygen atoms in total. The van der Waals surface area contributed by atoms with Gasteiger partial charge in [-0.1, -0.05) is 5.16 Å². The second kappa shape index (κ2) is 6.42. The van der Waals surface area contributed by atoms with Crippen molar-refractivity contribution < 1.29 is 13.7 Å². The molecule has 1 heterocycles. The van der Waals surface area contributed by atoms with Gasteiger partial charge >= 0.3 is 0 Å². The molecule has 0 aliphatic heterocycles. The fraction of sp³-hybridized carbons (Fsp3) is 0.231. The third-order valence-corrected chi connectivity index (χ3v) is 3.55. The van der Waals surface area contributed by atoms with E-state index in [4.69, 9.17) is 10.3 Å². The average Bonchev–Trinajstić information content (AvgIpc) is 2.77. The molecule has 2 aromatic rings. The molecule has 7 heteroatoms. The number of hydrogen-bond acceptors (Lipinski definition) is 5. The lowest BCUT2D eigenvalue weighted by Gasteiger charge is -2.05. The maximum absolute atomic E-state index is 12.9. The van der Waals surface area contributed by atoms with E-state index in [-0.39, 0.29) is 11.7 Å². The second-order valence-corrected chi connectivity index (χ2v) is 5.29. The maximum atomic E-state index is 12.9. The van der Waals surface area contributed by atoms with Crippen LogP contribution in [0.25, 0.3) is 0 Å². The van der Waals surface area contributed by atoms with Gasteiger partial charge in [-0.3, -0.25) is 4.79 Å². The summed E-state index contributed by atoms with van der Waals surface area (Å²) in [4.78, 5) is 12.4. The normalized spacial score (nSPS) is 10.5. The van der Waals surface area contributed by atoms with E-state index in [1.165, 1.54) is 23.9 Å². The minimum absolute atomic E-state index is 0.161. The molecule has 0 unspecified atom stereocenters. The van der Waals surface area contributed by atoms with Gasteiger partial charge in [0.2, 0.25) is 5.91 Å². The Kier molecular flexibility index (Phi) is 4.62. The Morgan fingerprint density at radius 2 is 2.30 bits per heavy atom. The Morgan fingerprint density at radius 1 is 1.50 bits per heavy atom. The van der Waals surface area contributed by atoms with Gasteiger partial charge in [0.25, 0.3) is 0 Å². The number of halogens is 1. The molecular weight excluding hydrogens is 281 g/mol. The van der Waals surface area contributed by atoms with Crippen LogP contribution >= 0.6 is 11.8 Å². The van der Waals surface area contributed by atoms with E-state index < -0.39 is 0 Å². The van der Waals surface area contributed by atoms with Gasteiger partial charge in [-0.25, -0.2) is 4.39 Å². The number of carbonyl (C=O) groups excluding carboxylic acids is 1. The van der Waals surface area contributed by atoms with Crippen molar-refractivity contribution >= 4 is 29.2 Å². The third kappa shape index (κ3) is 3.99. The van der Waals surface area contributed by atoms with Crippen LogP contribution in [0.4, 0.5) is 15.9 Å². The first-order valence-corrected chi connectivity index (χ1v) is 6.94. The number of aryl methyl sites for hydroxylation is 1. The first-order valence-electron chi connectivity index (χ1n) is 5.95. The van der Waals surface area contributed by atoms with Gasteiger partial charge in [0.15, 0.2) is 5.82 Å². The number of aromatic nitrogens is 1. The van der Waals surface area contributed by atoms with Crippen molar-refractivity contribution in [3.63, 3.8) is 0 Å². The minimum atomic E-state index is -0.369. The van der Waals surface area contributed by atoms with Gasteiger partial charge in [0.05, 0.1) is 0 Å². The lowest BCUT2D eigenvalue weighted by atomic mass is 10.3. The van der Waals surface area contributed by atoms with Gasteiger partial charge in [-0.15, -0.1) is 11.8 Å². The molecule has 0 spiro atoms. The Hall–Kier alpha value is -2.02. The smallest absolute Gasteiger partial charge is 0.226 e. The summed E-state index contributed by atoms with van der Waals surface area (Å²) in [5.41, 5.74) is 6.06. The summed E-state index contributed by atoms with van der Waals surface area (Å²) in [7, 11) is 0. The molecule has 0 atom stereocenters. The number of nitrogens with zero attached hydrogens (tertiary/aromatic N) is 1. The van der Waals surface area contributed by atoms with Crippen molar-refractivity contribution in [3.05, 3.63) is 35.8 Å². The summed E-state index contributed by atoms with van der Waals surface area (Å²) in [6.45, 7) is 1.75. The van der Waals surface area contributed by atoms with Crippen LogP contribution in [-0.4, -0.2) is 16.8 Å². The largest absolute Gasteiger partial charge is 0.398 e. The highest BCUT2D eigenvalue weighted by Gasteiger charge is 2.07. The van der Waals surface area contributed by atoms with E-state index in [0.29, 0.717) is 29.4 Å². The van der Waals surface area contributed by atoms with Crippen LogP contribution in [0.2, 0.25) is 0 Å². The highest BCUT2D eigenvalue weighted by Crippen LogP contribution is 2.26. The quantitative estimate of drug-likeness (QED) is 0.655. The number of nitrogen functional groups attached to an aromatic ring is 1. The molecule has 1 amide bonds. The van der Waals surface area contributed by atoms with E-state index in [1.54, 1.807) is 19.1 Å². The Morgan fingerprint density at radius 3 is 2.95 bits per heavy atom. The maximum Gasteiger partial charge on any atom is 0.226 e. The van der Waals surface area contributed by atoms with E-state index in [1.807, 2.05) is 0 Å². The van der Waals surface area contributed by atoms with Crippen LogP contribution in [0.3, 0.4) is 0 Å². The number of hydrogen-bond donors (Lipinski definition) is 2. The van der Waals surface area contributed by atoms with E-state index >= 15 is 0 Å². The fourth-order valence-corrected chi connectivity index (χ4v) is 2.43. The molecule has 0 saturated heterocycles. The Bertz CT molecular complexity index is 615. The van der Waals surface area contributed by atoms with Crippen molar-refractivity contribution in [2.45, 2.75) is 18.2 Å². The first kappa shape index (κ1) is 14.4. The number of rotatable bonds is 5. The summed E-state index contributed by atoms with van der Waals surface area (Å²) >= 11 is 1.40. The molecule has 0 radical (unpaired) electrons. The highest BCUT2D eigenvalue weighted by atomic mass is 32.2. The number of carbonyl (C=O) groups is 1. The first-order chi connectivity index (χ1) is 9.54. The van der Waals surface area contributed by atoms with Crippen molar-refractivity contribution in [1.82, 2.24) is 5.16 Å². The van der Waals surface area contributed by atoms with Gasteiger partial charge in [0.1, 0.15) is 11.6 Å². The number of nitrogens with two attached hydrogens (primary N) is 1. The second-order valence-electron chi connectivity index (χ2n) is 4.15. The Balaban J connectivity index is 1.79. The molecule has 0 bridgehead atoms. The van der Waals surface area contributed by atoms with Crippen molar-refractivity contribution in [3.8, 4) is 0 Å². The number of nitrogens with one attached hydrogen (secondary N) is 1. The van der Waals surface area contributed by atoms with Crippen LogP contribution < -0.4 is 11.1 Å². The van der Waals surface area contributed by atoms with Crippen molar-refractivity contribution in [1.29, 1.82) is 0 Å². The lowest BCUT2D eigenvalue weighted by Crippen LogP contribution is -2.12. The summed E-state index contributed by atoms with van der Waals surface area (Å²) in [5, 5.41) is 6.29. The molecule has 0 fully saturated rings. The predicted octanol–water partition coefficient (Wildman–Crippen LogP) is 2.83. The van der Waals surface area contributed by atoms with Gasteiger partial charge in [-0.05, 0) is 25.1 Å². The third-order valence-electron chi connectivity index (χ3n) is 2.45. The highest BCUT2D eigenvalue weighted by molar-refractivity contribution is 7.99. The van der Waals surface area contributed by atoms with Crippen LogP contribution in [-0.2, 0) is 4.79 Å². The Labute approximate surface area is 119 Å². The van der Waals surface area contributed by atoms with Gasteiger partial charge in [-0.2, -0.15) is 0 Å². The number of amides is 1. The van der Waals surface area contributed by atoms with Crippen LogP contribution in [0.1, 0.15) is 12.2 Å². The van der Waals surface area contributed by atoms with E-state index in [9.17, 15) is 9.18 Å². The van der Waals surface area contributed by atoms with Gasteiger partial charge in [0, 0.05) is 28.8 Å². The zero-order chi connectivity index (χ0) is 14.5. The summed E-state index contributed by atoms with van der Waals surface area (Å²) in [6.07, 6.45) is 0.299. The standard InChI is InChI=1S/C13H14FN3O2S/c1-8-6-12(17-19-8)16-13(18)4-5-20-11-3-2-9(14)7-10(11)15/h2-3,6-7H,4-5,15H2,1H3,(H,16,17,18). The molecule has 0 aliphatic rings. The number of benzene rings is 1. The minimum Gasteiger partial charge on any atom is -0.398 e. The van der Waals surface area contributed by atoms with Crippen LogP contribution in [0, 0.1) is 12.7 Å².